The molecule has 0 unspecified atom stereocenters. The van der Waals surface area contributed by atoms with E-state index >= 15 is 0 Å². The number of hydrogen-bond acceptors (Lipinski definition) is 5. The van der Waals surface area contributed by atoms with E-state index in [1.165, 1.54) is 17.7 Å². The van der Waals surface area contributed by atoms with Gasteiger partial charge in [-0.25, -0.2) is 4.98 Å². The predicted molar refractivity (Wildman–Crippen MR) is 103 cm³/mol. The Balaban J connectivity index is 1.28. The number of carbonyl (C=O) groups excluding carboxylic acids is 1. The molecule has 1 saturated heterocycles. The molecular weight excluding hydrogens is 360 g/mol. The molecule has 2 aromatic heterocycles. The van der Waals surface area contributed by atoms with Gasteiger partial charge in [0, 0.05) is 43.4 Å². The van der Waals surface area contributed by atoms with Gasteiger partial charge in [-0.3, -0.25) is 9.69 Å². The lowest BCUT2D eigenvalue weighted by Gasteiger charge is -2.45. The van der Waals surface area contributed by atoms with Crippen molar-refractivity contribution in [1.82, 2.24) is 19.8 Å². The molecule has 1 N–H and O–H groups in total. The number of thiophene rings is 1. The number of nitrogens with zero attached hydrogens (tertiary/aromatic N) is 3. The number of imidazole rings is 1. The zero-order chi connectivity index (χ0) is 18.3. The summed E-state index contributed by atoms with van der Waals surface area (Å²) < 4.78 is 8.60. The van der Waals surface area contributed by atoms with Crippen LogP contribution >= 0.6 is 11.3 Å². The first-order chi connectivity index (χ1) is 13.2. The first-order valence-corrected chi connectivity index (χ1v) is 10.8. The summed E-state index contributed by atoms with van der Waals surface area (Å²) in [6, 6.07) is 4.30. The number of nitrogens with one attached hydrogen (secondary N) is 1. The summed E-state index contributed by atoms with van der Waals surface area (Å²) in [5.74, 6) is 1.70. The number of carbonyl (C=O) groups is 1. The van der Waals surface area contributed by atoms with E-state index in [1.54, 1.807) is 0 Å². The maximum absolute atomic E-state index is 12.7. The highest BCUT2D eigenvalue weighted by molar-refractivity contribution is 7.09. The summed E-state index contributed by atoms with van der Waals surface area (Å²) >= 11 is 1.81. The highest BCUT2D eigenvalue weighted by Gasteiger charge is 2.47. The Bertz CT molecular complexity index is 791. The zero-order valence-corrected chi connectivity index (χ0v) is 16.3. The molecular formula is C20H26N4O2S. The quantitative estimate of drug-likeness (QED) is 0.857. The van der Waals surface area contributed by atoms with E-state index in [0.717, 1.165) is 44.8 Å². The Labute approximate surface area is 163 Å². The minimum atomic E-state index is -0.435. The summed E-state index contributed by atoms with van der Waals surface area (Å²) in [5.41, 5.74) is -0.435. The molecule has 7 heteroatoms. The van der Waals surface area contributed by atoms with Crippen LogP contribution in [0.3, 0.4) is 0 Å². The number of aromatic nitrogens is 2. The largest absolute Gasteiger partial charge is 0.354 e. The summed E-state index contributed by atoms with van der Waals surface area (Å²) in [7, 11) is 0. The number of amides is 1. The molecule has 5 rings (SSSR count). The van der Waals surface area contributed by atoms with Crippen LogP contribution in [0.25, 0.3) is 0 Å². The molecule has 2 aromatic rings. The summed E-state index contributed by atoms with van der Waals surface area (Å²) in [4.78, 5) is 21.2. The van der Waals surface area contributed by atoms with Crippen molar-refractivity contribution in [2.24, 2.45) is 5.92 Å². The molecule has 0 bridgehead atoms. The van der Waals surface area contributed by atoms with E-state index in [2.05, 4.69) is 37.3 Å². The first-order valence-electron chi connectivity index (χ1n) is 9.94. The van der Waals surface area contributed by atoms with Gasteiger partial charge in [-0.15, -0.1) is 11.3 Å². The molecule has 0 radical (unpaired) electrons. The van der Waals surface area contributed by atoms with E-state index in [9.17, 15) is 4.79 Å². The molecule has 2 fully saturated rings. The molecule has 4 heterocycles. The second-order valence-corrected chi connectivity index (χ2v) is 9.08. The van der Waals surface area contributed by atoms with Crippen molar-refractivity contribution in [3.8, 4) is 0 Å². The van der Waals surface area contributed by atoms with Gasteiger partial charge in [0.05, 0.1) is 6.54 Å². The predicted octanol–water partition coefficient (Wildman–Crippen LogP) is 2.36. The van der Waals surface area contributed by atoms with Gasteiger partial charge in [-0.05, 0) is 43.0 Å². The third-order valence-corrected chi connectivity index (χ3v) is 6.89. The van der Waals surface area contributed by atoms with Crippen LogP contribution in [0.2, 0.25) is 0 Å². The Hall–Kier alpha value is -1.70. The highest BCUT2D eigenvalue weighted by Crippen LogP contribution is 2.40. The standard InChI is InChI=1S/C20H26N4O2S/c25-18(22-12-15-3-4-15)17-14-24-10-7-21-19(24)20(26-17)5-8-23(9-6-20)13-16-2-1-11-27-16/h1-2,7,10-11,15,17H,3-6,8-9,12-14H2,(H,22,25)/t17-/m0/s1. The Morgan fingerprint density at radius 2 is 2.22 bits per heavy atom. The Morgan fingerprint density at radius 3 is 2.96 bits per heavy atom. The van der Waals surface area contributed by atoms with E-state index in [4.69, 9.17) is 4.74 Å². The van der Waals surface area contributed by atoms with Gasteiger partial charge in [-0.2, -0.15) is 0 Å². The number of rotatable bonds is 5. The van der Waals surface area contributed by atoms with Crippen LogP contribution in [0.1, 0.15) is 36.4 Å². The lowest BCUT2D eigenvalue weighted by atomic mass is 9.88. The number of piperidine rings is 1. The molecule has 2 aliphatic heterocycles. The minimum absolute atomic E-state index is 0.0293. The van der Waals surface area contributed by atoms with Crippen LogP contribution in [-0.4, -0.2) is 46.1 Å². The zero-order valence-electron chi connectivity index (χ0n) is 15.5. The van der Waals surface area contributed by atoms with Crippen LogP contribution in [-0.2, 0) is 28.2 Å². The molecule has 1 saturated carbocycles. The maximum atomic E-state index is 12.7. The monoisotopic (exact) mass is 386 g/mol. The fourth-order valence-corrected chi connectivity index (χ4v) is 5.00. The van der Waals surface area contributed by atoms with Gasteiger partial charge < -0.3 is 14.6 Å². The Kier molecular flexibility index (Phi) is 4.53. The number of ether oxygens (including phenoxy) is 1. The Morgan fingerprint density at radius 1 is 1.37 bits per heavy atom. The van der Waals surface area contributed by atoms with E-state index < -0.39 is 11.7 Å². The van der Waals surface area contributed by atoms with Crippen LogP contribution in [0.5, 0.6) is 0 Å². The van der Waals surface area contributed by atoms with Crippen LogP contribution in [0, 0.1) is 5.92 Å². The maximum Gasteiger partial charge on any atom is 0.251 e. The third kappa shape index (κ3) is 3.56. The van der Waals surface area contributed by atoms with Gasteiger partial charge >= 0.3 is 0 Å². The van der Waals surface area contributed by atoms with E-state index in [0.29, 0.717) is 12.5 Å². The second-order valence-electron chi connectivity index (χ2n) is 8.05. The van der Waals surface area contributed by atoms with Crippen molar-refractivity contribution >= 4 is 17.2 Å². The normalized spacial score (nSPS) is 24.7. The average Bonchev–Trinajstić information content (AvgIpc) is 3.14. The van der Waals surface area contributed by atoms with E-state index in [-0.39, 0.29) is 5.91 Å². The van der Waals surface area contributed by atoms with Gasteiger partial charge in [0.25, 0.3) is 5.91 Å². The van der Waals surface area contributed by atoms with Crippen LogP contribution in [0.4, 0.5) is 0 Å². The first kappa shape index (κ1) is 17.4. The molecule has 144 valence electrons. The molecule has 1 aliphatic carbocycles. The highest BCUT2D eigenvalue weighted by atomic mass is 32.1. The lowest BCUT2D eigenvalue weighted by Crippen LogP contribution is -2.54. The summed E-state index contributed by atoms with van der Waals surface area (Å²) in [6.07, 6.45) is 7.63. The number of likely N-dealkylation sites (tertiary alicyclic amines) is 1. The molecule has 6 nitrogen and oxygen atoms in total. The van der Waals surface area contributed by atoms with Crippen LogP contribution < -0.4 is 5.32 Å². The fourth-order valence-electron chi connectivity index (χ4n) is 4.25. The molecule has 3 aliphatic rings. The van der Waals surface area contributed by atoms with Crippen molar-refractivity contribution in [3.63, 3.8) is 0 Å². The van der Waals surface area contributed by atoms with Crippen LogP contribution in [0.15, 0.2) is 29.9 Å². The molecule has 1 atom stereocenters. The average molecular weight is 387 g/mol. The van der Waals surface area contributed by atoms with Crippen molar-refractivity contribution in [2.45, 2.75) is 50.5 Å². The summed E-state index contributed by atoms with van der Waals surface area (Å²) in [5, 5.41) is 5.22. The van der Waals surface area contributed by atoms with Gasteiger partial charge in [0.15, 0.2) is 6.10 Å². The lowest BCUT2D eigenvalue weighted by molar-refractivity contribution is -0.173. The van der Waals surface area contributed by atoms with Crippen molar-refractivity contribution in [2.75, 3.05) is 19.6 Å². The number of fused-ring (bicyclic) bond motifs is 2. The smallest absolute Gasteiger partial charge is 0.251 e. The molecule has 0 aromatic carbocycles. The molecule has 1 spiro atoms. The van der Waals surface area contributed by atoms with Gasteiger partial charge in [-0.1, -0.05) is 6.07 Å². The van der Waals surface area contributed by atoms with Gasteiger partial charge in [0.1, 0.15) is 11.4 Å². The number of hydrogen-bond donors (Lipinski definition) is 1. The topological polar surface area (TPSA) is 59.4 Å². The third-order valence-electron chi connectivity index (χ3n) is 6.03. The van der Waals surface area contributed by atoms with E-state index in [1.807, 2.05) is 23.7 Å². The second kappa shape index (κ2) is 7.04. The SMILES string of the molecule is O=C(NCC1CC1)[C@@H]1Cn2ccnc2C2(CCN(Cc3cccs3)CC2)O1. The van der Waals surface area contributed by atoms with Crippen molar-refractivity contribution in [1.29, 1.82) is 0 Å². The molecule has 27 heavy (non-hydrogen) atoms. The fraction of sp³-hybridized carbons (Fsp3) is 0.600. The van der Waals surface area contributed by atoms with Crippen molar-refractivity contribution < 1.29 is 9.53 Å². The molecule has 1 amide bonds. The summed E-state index contributed by atoms with van der Waals surface area (Å²) in [6.45, 7) is 4.26. The van der Waals surface area contributed by atoms with Gasteiger partial charge in [0.2, 0.25) is 0 Å². The van der Waals surface area contributed by atoms with Crippen molar-refractivity contribution in [3.05, 3.63) is 40.6 Å². The minimum Gasteiger partial charge on any atom is -0.354 e.